The first-order valence-corrected chi connectivity index (χ1v) is 10.0. The van der Waals surface area contributed by atoms with Crippen LogP contribution in [0.15, 0.2) is 47.8 Å². The number of hydrogen-bond donors (Lipinski definition) is 1. The number of nitrogens with two attached hydrogens (primary N) is 1. The molecule has 6 heteroatoms. The van der Waals surface area contributed by atoms with E-state index < -0.39 is 0 Å². The van der Waals surface area contributed by atoms with E-state index in [4.69, 9.17) is 5.73 Å². The molecule has 0 aliphatic heterocycles. The van der Waals surface area contributed by atoms with Crippen LogP contribution in [-0.2, 0) is 0 Å². The molecule has 0 saturated carbocycles. The molecule has 4 rings (SSSR count). The number of fused-ring (bicyclic) bond motifs is 1. The number of nitrogens with zero attached hydrogens (tertiary/aromatic N) is 2. The van der Waals surface area contributed by atoms with Crippen molar-refractivity contribution in [2.45, 2.75) is 0 Å². The Morgan fingerprint density at radius 2 is 1.92 bits per heavy atom. The van der Waals surface area contributed by atoms with Crippen LogP contribution >= 0.6 is 45.3 Å². The average Bonchev–Trinajstić information content (AvgIpc) is 3.25. The maximum Gasteiger partial charge on any atom is 0.154 e. The van der Waals surface area contributed by atoms with Gasteiger partial charge in [-0.15, -0.1) is 22.7 Å². The summed E-state index contributed by atoms with van der Waals surface area (Å²) >= 11 is 5.77. The van der Waals surface area contributed by atoms with Crippen LogP contribution in [0.3, 0.4) is 0 Å². The van der Waals surface area contributed by atoms with Crippen molar-refractivity contribution >= 4 is 74.1 Å². The lowest BCUT2D eigenvalue weighted by Gasteiger charge is -2.03. The van der Waals surface area contributed by atoms with Gasteiger partial charge in [-0.2, -0.15) is 0 Å². The molecule has 0 bridgehead atoms. The molecule has 0 unspecified atom stereocenters. The molecule has 4 aromatic rings. The third-order valence-corrected chi connectivity index (χ3v) is 6.28. The van der Waals surface area contributed by atoms with Gasteiger partial charge in [0.25, 0.3) is 0 Å². The first-order chi connectivity index (χ1) is 11.7. The maximum atomic E-state index is 6.08. The molecule has 24 heavy (non-hydrogen) atoms. The number of thiophene rings is 2. The van der Waals surface area contributed by atoms with Crippen LogP contribution in [0.1, 0.15) is 10.7 Å². The molecule has 3 aromatic heterocycles. The average molecular weight is 461 g/mol. The summed E-state index contributed by atoms with van der Waals surface area (Å²) < 4.78 is 1.12. The lowest BCUT2D eigenvalue weighted by Crippen LogP contribution is -1.97. The lowest BCUT2D eigenvalue weighted by molar-refractivity contribution is 1.19. The standard InChI is InChI=1S/C18H12IN3S2/c19-11-3-6-14-13(10-11)18(20)22-17(21-14)8-5-12-4-7-16(24-12)15-2-1-9-23-15/h1-10H,(H2,20,21,22). The fourth-order valence-corrected chi connectivity index (χ4v) is 4.60. The summed E-state index contributed by atoms with van der Waals surface area (Å²) in [5.74, 6) is 1.15. The van der Waals surface area contributed by atoms with Crippen LogP contribution in [0.2, 0.25) is 0 Å². The fourth-order valence-electron chi connectivity index (χ4n) is 2.37. The van der Waals surface area contributed by atoms with Crippen LogP contribution in [0.4, 0.5) is 5.82 Å². The molecular formula is C18H12IN3S2. The highest BCUT2D eigenvalue weighted by atomic mass is 127. The minimum absolute atomic E-state index is 0.517. The summed E-state index contributed by atoms with van der Waals surface area (Å²) in [7, 11) is 0. The second kappa shape index (κ2) is 6.62. The van der Waals surface area contributed by atoms with Gasteiger partial charge in [-0.25, -0.2) is 9.97 Å². The van der Waals surface area contributed by atoms with Crippen molar-refractivity contribution in [2.75, 3.05) is 5.73 Å². The lowest BCUT2D eigenvalue weighted by atomic mass is 10.2. The fraction of sp³-hybridized carbons (Fsp3) is 0. The number of nitrogen functional groups attached to an aromatic ring is 1. The van der Waals surface area contributed by atoms with Crippen LogP contribution in [0, 0.1) is 3.57 Å². The molecular weight excluding hydrogens is 449 g/mol. The van der Waals surface area contributed by atoms with Gasteiger partial charge in [0, 0.05) is 23.6 Å². The van der Waals surface area contributed by atoms with Crippen molar-refractivity contribution in [1.82, 2.24) is 9.97 Å². The zero-order valence-electron chi connectivity index (χ0n) is 12.4. The van der Waals surface area contributed by atoms with Crippen molar-refractivity contribution < 1.29 is 0 Å². The number of hydrogen-bond acceptors (Lipinski definition) is 5. The van der Waals surface area contributed by atoms with Crippen molar-refractivity contribution in [2.24, 2.45) is 0 Å². The predicted molar refractivity (Wildman–Crippen MR) is 113 cm³/mol. The molecule has 0 fully saturated rings. The molecule has 3 heterocycles. The molecule has 0 spiro atoms. The molecule has 118 valence electrons. The largest absolute Gasteiger partial charge is 0.383 e. The van der Waals surface area contributed by atoms with E-state index in [1.165, 1.54) is 14.6 Å². The number of aromatic nitrogens is 2. The zero-order chi connectivity index (χ0) is 16.5. The number of rotatable bonds is 3. The second-order valence-electron chi connectivity index (χ2n) is 5.14. The molecule has 3 nitrogen and oxygen atoms in total. The molecule has 0 aliphatic rings. The highest BCUT2D eigenvalue weighted by molar-refractivity contribution is 14.1. The van der Waals surface area contributed by atoms with E-state index >= 15 is 0 Å². The minimum atomic E-state index is 0.517. The minimum Gasteiger partial charge on any atom is -0.383 e. The van der Waals surface area contributed by atoms with Gasteiger partial charge in [0.1, 0.15) is 5.82 Å². The Morgan fingerprint density at radius 3 is 2.75 bits per heavy atom. The van der Waals surface area contributed by atoms with Gasteiger partial charge in [0.05, 0.1) is 5.52 Å². The Kier molecular flexibility index (Phi) is 4.34. The number of anilines is 1. The van der Waals surface area contributed by atoms with Gasteiger partial charge in [0.15, 0.2) is 5.82 Å². The summed E-state index contributed by atoms with van der Waals surface area (Å²) in [4.78, 5) is 12.7. The van der Waals surface area contributed by atoms with Crippen molar-refractivity contribution in [1.29, 1.82) is 0 Å². The van der Waals surface area contributed by atoms with Crippen LogP contribution in [-0.4, -0.2) is 9.97 Å². The SMILES string of the molecule is Nc1nc(C=Cc2ccc(-c3cccs3)s2)nc2ccc(I)cc12. The number of halogens is 1. The molecule has 0 saturated heterocycles. The Bertz CT molecular complexity index is 1040. The summed E-state index contributed by atoms with van der Waals surface area (Å²) in [6.07, 6.45) is 3.95. The summed E-state index contributed by atoms with van der Waals surface area (Å²) in [5, 5.41) is 2.99. The van der Waals surface area contributed by atoms with Crippen LogP contribution in [0.5, 0.6) is 0 Å². The van der Waals surface area contributed by atoms with E-state index in [0.29, 0.717) is 11.6 Å². The van der Waals surface area contributed by atoms with Gasteiger partial charge in [-0.1, -0.05) is 6.07 Å². The van der Waals surface area contributed by atoms with Crippen molar-refractivity contribution in [3.8, 4) is 9.75 Å². The van der Waals surface area contributed by atoms with Gasteiger partial charge in [-0.3, -0.25) is 0 Å². The van der Waals surface area contributed by atoms with Gasteiger partial charge in [0.2, 0.25) is 0 Å². The Labute approximate surface area is 161 Å². The zero-order valence-corrected chi connectivity index (χ0v) is 16.2. The maximum absolute atomic E-state index is 6.08. The highest BCUT2D eigenvalue weighted by Gasteiger charge is 2.05. The molecule has 0 radical (unpaired) electrons. The van der Waals surface area contributed by atoms with Gasteiger partial charge < -0.3 is 5.73 Å². The molecule has 0 aliphatic carbocycles. The van der Waals surface area contributed by atoms with E-state index in [1.807, 2.05) is 30.4 Å². The summed E-state index contributed by atoms with van der Waals surface area (Å²) in [6, 6.07) is 14.5. The van der Waals surface area contributed by atoms with Gasteiger partial charge in [-0.05, 0) is 76.5 Å². The first-order valence-electron chi connectivity index (χ1n) is 7.23. The first kappa shape index (κ1) is 15.7. The molecule has 0 atom stereocenters. The van der Waals surface area contributed by atoms with Crippen LogP contribution < -0.4 is 5.73 Å². The van der Waals surface area contributed by atoms with Crippen molar-refractivity contribution in [3.05, 3.63) is 62.1 Å². The summed E-state index contributed by atoms with van der Waals surface area (Å²) in [6.45, 7) is 0. The van der Waals surface area contributed by atoms with Gasteiger partial charge >= 0.3 is 0 Å². The van der Waals surface area contributed by atoms with E-state index in [-0.39, 0.29) is 0 Å². The Morgan fingerprint density at radius 1 is 1.00 bits per heavy atom. The number of benzene rings is 1. The van der Waals surface area contributed by atoms with E-state index in [9.17, 15) is 0 Å². The van der Waals surface area contributed by atoms with E-state index in [2.05, 4.69) is 62.2 Å². The Balaban J connectivity index is 1.64. The quantitative estimate of drug-likeness (QED) is 0.394. The van der Waals surface area contributed by atoms with Crippen molar-refractivity contribution in [3.63, 3.8) is 0 Å². The van der Waals surface area contributed by atoms with E-state index in [0.717, 1.165) is 14.5 Å². The molecule has 2 N–H and O–H groups in total. The highest BCUT2D eigenvalue weighted by Crippen LogP contribution is 2.32. The predicted octanol–water partition coefficient (Wildman–Crippen LogP) is 5.78. The monoisotopic (exact) mass is 461 g/mol. The molecule has 0 amide bonds. The molecule has 1 aromatic carbocycles. The summed E-state index contributed by atoms with van der Waals surface area (Å²) in [5.41, 5.74) is 6.95. The van der Waals surface area contributed by atoms with E-state index in [1.54, 1.807) is 22.7 Å². The van der Waals surface area contributed by atoms with Crippen LogP contribution in [0.25, 0.3) is 32.8 Å². The topological polar surface area (TPSA) is 51.8 Å². The third-order valence-electron chi connectivity index (χ3n) is 3.49. The second-order valence-corrected chi connectivity index (χ2v) is 8.45. The third kappa shape index (κ3) is 3.22. The Hall–Kier alpha value is -1.77. The normalized spacial score (nSPS) is 11.5. The smallest absolute Gasteiger partial charge is 0.154 e.